The molecule has 76 valence electrons. The summed E-state index contributed by atoms with van der Waals surface area (Å²) in [5, 5.41) is 3.34. The van der Waals surface area contributed by atoms with Crippen LogP contribution in [0.3, 0.4) is 0 Å². The first-order valence-corrected chi connectivity index (χ1v) is 5.17. The van der Waals surface area contributed by atoms with Crippen LogP contribution < -0.4 is 10.2 Å². The minimum atomic E-state index is 1.06. The summed E-state index contributed by atoms with van der Waals surface area (Å²) in [6, 6.07) is 4.27. The van der Waals surface area contributed by atoms with Crippen LogP contribution in [-0.4, -0.2) is 31.2 Å². The summed E-state index contributed by atoms with van der Waals surface area (Å²) >= 11 is 0. The van der Waals surface area contributed by atoms with Gasteiger partial charge in [0.2, 0.25) is 0 Å². The molecule has 1 N–H and O–H groups in total. The monoisotopic (exact) mass is 191 g/mol. The number of nitrogens with zero attached hydrogens (tertiary/aromatic N) is 2. The Morgan fingerprint density at radius 3 is 2.57 bits per heavy atom. The van der Waals surface area contributed by atoms with E-state index in [1.807, 2.05) is 0 Å². The van der Waals surface area contributed by atoms with E-state index in [0.717, 1.165) is 37.7 Å². The molecular weight excluding hydrogens is 174 g/mol. The van der Waals surface area contributed by atoms with Gasteiger partial charge in [0.25, 0.3) is 0 Å². The van der Waals surface area contributed by atoms with Crippen molar-refractivity contribution in [3.05, 3.63) is 23.4 Å². The molecule has 2 heterocycles. The van der Waals surface area contributed by atoms with Crippen molar-refractivity contribution in [2.45, 2.75) is 13.8 Å². The number of aryl methyl sites for hydroxylation is 2. The van der Waals surface area contributed by atoms with Crippen LogP contribution in [0, 0.1) is 13.8 Å². The van der Waals surface area contributed by atoms with Crippen molar-refractivity contribution >= 4 is 5.82 Å². The third kappa shape index (κ3) is 1.87. The van der Waals surface area contributed by atoms with Gasteiger partial charge in [-0.15, -0.1) is 0 Å². The minimum absolute atomic E-state index is 1.06. The molecule has 1 aromatic heterocycles. The maximum absolute atomic E-state index is 4.59. The van der Waals surface area contributed by atoms with E-state index in [9.17, 15) is 0 Å². The molecule has 3 heteroatoms. The van der Waals surface area contributed by atoms with Crippen LogP contribution in [0.1, 0.15) is 11.3 Å². The highest BCUT2D eigenvalue weighted by Gasteiger charge is 2.11. The van der Waals surface area contributed by atoms with Crippen LogP contribution in [-0.2, 0) is 0 Å². The molecular formula is C11H17N3. The molecule has 1 saturated heterocycles. The molecule has 0 radical (unpaired) electrons. The molecule has 0 atom stereocenters. The van der Waals surface area contributed by atoms with Gasteiger partial charge in [-0.1, -0.05) is 6.07 Å². The van der Waals surface area contributed by atoms with Gasteiger partial charge in [-0.2, -0.15) is 0 Å². The van der Waals surface area contributed by atoms with Gasteiger partial charge in [-0.05, 0) is 25.5 Å². The number of piperazine rings is 1. The number of anilines is 1. The molecule has 1 aliphatic heterocycles. The molecule has 0 aliphatic carbocycles. The van der Waals surface area contributed by atoms with Crippen molar-refractivity contribution in [2.75, 3.05) is 31.1 Å². The second-order valence-corrected chi connectivity index (χ2v) is 3.81. The van der Waals surface area contributed by atoms with Gasteiger partial charge in [0.05, 0.1) is 0 Å². The van der Waals surface area contributed by atoms with Crippen LogP contribution >= 0.6 is 0 Å². The first-order valence-electron chi connectivity index (χ1n) is 5.17. The highest BCUT2D eigenvalue weighted by atomic mass is 15.2. The molecule has 1 fully saturated rings. The predicted molar refractivity (Wildman–Crippen MR) is 58.8 cm³/mol. The third-order valence-electron chi connectivity index (χ3n) is 2.78. The summed E-state index contributed by atoms with van der Waals surface area (Å²) in [6.45, 7) is 8.43. The Hall–Kier alpha value is -1.09. The van der Waals surface area contributed by atoms with Crippen LogP contribution in [0.4, 0.5) is 5.82 Å². The lowest BCUT2D eigenvalue weighted by molar-refractivity contribution is 0.584. The summed E-state index contributed by atoms with van der Waals surface area (Å²) in [4.78, 5) is 6.93. The SMILES string of the molecule is Cc1ccc(N2CCNCC2)nc1C. The average Bonchev–Trinajstić information content (AvgIpc) is 2.23. The summed E-state index contributed by atoms with van der Waals surface area (Å²) < 4.78 is 0. The first-order chi connectivity index (χ1) is 6.77. The van der Waals surface area contributed by atoms with Crippen molar-refractivity contribution in [1.29, 1.82) is 0 Å². The van der Waals surface area contributed by atoms with E-state index in [1.54, 1.807) is 0 Å². The summed E-state index contributed by atoms with van der Waals surface area (Å²) in [7, 11) is 0. The van der Waals surface area contributed by atoms with E-state index in [2.05, 4.69) is 41.2 Å². The smallest absolute Gasteiger partial charge is 0.128 e. The van der Waals surface area contributed by atoms with Crippen LogP contribution in [0.5, 0.6) is 0 Å². The molecule has 14 heavy (non-hydrogen) atoms. The molecule has 0 saturated carbocycles. The number of nitrogens with one attached hydrogen (secondary N) is 1. The highest BCUT2D eigenvalue weighted by molar-refractivity contribution is 5.41. The highest BCUT2D eigenvalue weighted by Crippen LogP contribution is 2.14. The lowest BCUT2D eigenvalue weighted by Gasteiger charge is -2.28. The molecule has 0 bridgehead atoms. The topological polar surface area (TPSA) is 28.2 Å². The van der Waals surface area contributed by atoms with E-state index < -0.39 is 0 Å². The average molecular weight is 191 g/mol. The molecule has 2 rings (SSSR count). The summed E-state index contributed by atoms with van der Waals surface area (Å²) in [5.41, 5.74) is 2.41. The first kappa shape index (κ1) is 9.46. The van der Waals surface area contributed by atoms with Gasteiger partial charge < -0.3 is 10.2 Å². The largest absolute Gasteiger partial charge is 0.354 e. The molecule has 0 spiro atoms. The number of hydrogen-bond donors (Lipinski definition) is 1. The Morgan fingerprint density at radius 2 is 1.93 bits per heavy atom. The van der Waals surface area contributed by atoms with E-state index in [4.69, 9.17) is 0 Å². The standard InChI is InChI=1S/C11H17N3/c1-9-3-4-11(13-10(9)2)14-7-5-12-6-8-14/h3-4,12H,5-8H2,1-2H3. The van der Waals surface area contributed by atoms with Gasteiger partial charge in [0.15, 0.2) is 0 Å². The zero-order valence-corrected chi connectivity index (χ0v) is 8.88. The van der Waals surface area contributed by atoms with Crippen molar-refractivity contribution in [1.82, 2.24) is 10.3 Å². The molecule has 0 aromatic carbocycles. The Kier molecular flexibility index (Phi) is 2.68. The van der Waals surface area contributed by atoms with Crippen molar-refractivity contribution in [3.8, 4) is 0 Å². The Bertz CT molecular complexity index is 316. The van der Waals surface area contributed by atoms with E-state index in [0.29, 0.717) is 0 Å². The molecule has 1 aromatic rings. The van der Waals surface area contributed by atoms with E-state index >= 15 is 0 Å². The summed E-state index contributed by atoms with van der Waals surface area (Å²) in [5.74, 6) is 1.12. The second kappa shape index (κ2) is 3.96. The lowest BCUT2D eigenvalue weighted by atomic mass is 10.2. The molecule has 1 aliphatic rings. The summed E-state index contributed by atoms with van der Waals surface area (Å²) in [6.07, 6.45) is 0. The maximum atomic E-state index is 4.59. The van der Waals surface area contributed by atoms with E-state index in [-0.39, 0.29) is 0 Å². The maximum Gasteiger partial charge on any atom is 0.128 e. The zero-order chi connectivity index (χ0) is 9.97. The second-order valence-electron chi connectivity index (χ2n) is 3.81. The Morgan fingerprint density at radius 1 is 1.21 bits per heavy atom. The quantitative estimate of drug-likeness (QED) is 0.720. The van der Waals surface area contributed by atoms with Crippen molar-refractivity contribution in [3.63, 3.8) is 0 Å². The number of rotatable bonds is 1. The lowest BCUT2D eigenvalue weighted by Crippen LogP contribution is -2.43. The molecule has 3 nitrogen and oxygen atoms in total. The van der Waals surface area contributed by atoms with Gasteiger partial charge in [0.1, 0.15) is 5.82 Å². The number of pyridine rings is 1. The fraction of sp³-hybridized carbons (Fsp3) is 0.545. The van der Waals surface area contributed by atoms with Gasteiger partial charge in [-0.25, -0.2) is 4.98 Å². The Balaban J connectivity index is 2.18. The van der Waals surface area contributed by atoms with Crippen LogP contribution in [0.2, 0.25) is 0 Å². The van der Waals surface area contributed by atoms with Crippen molar-refractivity contribution < 1.29 is 0 Å². The normalized spacial score (nSPS) is 17.1. The fourth-order valence-corrected chi connectivity index (χ4v) is 1.69. The van der Waals surface area contributed by atoms with Gasteiger partial charge >= 0.3 is 0 Å². The number of hydrogen-bond acceptors (Lipinski definition) is 3. The van der Waals surface area contributed by atoms with Crippen LogP contribution in [0.15, 0.2) is 12.1 Å². The molecule has 0 amide bonds. The Labute approximate surface area is 85.1 Å². The fourth-order valence-electron chi connectivity index (χ4n) is 1.69. The third-order valence-corrected chi connectivity index (χ3v) is 2.78. The van der Waals surface area contributed by atoms with Crippen molar-refractivity contribution in [2.24, 2.45) is 0 Å². The molecule has 0 unspecified atom stereocenters. The van der Waals surface area contributed by atoms with E-state index in [1.165, 1.54) is 5.56 Å². The zero-order valence-electron chi connectivity index (χ0n) is 8.88. The number of aromatic nitrogens is 1. The van der Waals surface area contributed by atoms with Gasteiger partial charge in [-0.3, -0.25) is 0 Å². The van der Waals surface area contributed by atoms with Gasteiger partial charge in [0, 0.05) is 31.9 Å². The van der Waals surface area contributed by atoms with Crippen LogP contribution in [0.25, 0.3) is 0 Å². The predicted octanol–water partition coefficient (Wildman–Crippen LogP) is 1.11. The minimum Gasteiger partial charge on any atom is -0.354 e.